The van der Waals surface area contributed by atoms with Crippen molar-refractivity contribution in [1.29, 1.82) is 0 Å². The summed E-state index contributed by atoms with van der Waals surface area (Å²) in [6, 6.07) is 3.89. The maximum atomic E-state index is 12.5. The molecule has 8 heteroatoms. The van der Waals surface area contributed by atoms with Gasteiger partial charge in [-0.3, -0.25) is 4.79 Å². The van der Waals surface area contributed by atoms with Crippen LogP contribution in [0.4, 0.5) is 0 Å². The zero-order chi connectivity index (χ0) is 16.7. The molecule has 0 bridgehead atoms. The van der Waals surface area contributed by atoms with Gasteiger partial charge in [-0.2, -0.15) is 0 Å². The van der Waals surface area contributed by atoms with E-state index in [2.05, 4.69) is 36.4 Å². The number of aryl methyl sites for hydroxylation is 2. The molecule has 3 aromatic rings. The number of imidazole rings is 1. The lowest BCUT2D eigenvalue weighted by molar-refractivity contribution is -0.126. The van der Waals surface area contributed by atoms with Gasteiger partial charge in [0.25, 0.3) is 0 Å². The summed E-state index contributed by atoms with van der Waals surface area (Å²) in [5, 5.41) is 11.2. The van der Waals surface area contributed by atoms with Crippen molar-refractivity contribution in [3.63, 3.8) is 0 Å². The third kappa shape index (κ3) is 2.82. The number of nitrogens with one attached hydrogen (secondary N) is 1. The van der Waals surface area contributed by atoms with Gasteiger partial charge in [-0.25, -0.2) is 4.98 Å². The monoisotopic (exact) mass is 388 g/mol. The highest BCUT2D eigenvalue weighted by atomic mass is 79.9. The van der Waals surface area contributed by atoms with E-state index in [1.165, 1.54) is 0 Å². The minimum atomic E-state index is -0.0432. The Balaban J connectivity index is 1.42. The summed E-state index contributed by atoms with van der Waals surface area (Å²) in [6.45, 7) is 3.01. The minimum Gasteiger partial charge on any atom is -0.350 e. The molecule has 0 unspecified atom stereocenters. The molecular weight excluding hydrogens is 372 g/mol. The summed E-state index contributed by atoms with van der Waals surface area (Å²) in [4.78, 5) is 17.0. The summed E-state index contributed by atoms with van der Waals surface area (Å²) in [7, 11) is 0. The molecule has 3 aromatic heterocycles. The number of halogens is 1. The van der Waals surface area contributed by atoms with Crippen LogP contribution in [0.2, 0.25) is 0 Å². The Morgan fingerprint density at radius 1 is 1.38 bits per heavy atom. The zero-order valence-corrected chi connectivity index (χ0v) is 14.8. The second-order valence-corrected chi connectivity index (χ2v) is 6.99. The maximum Gasteiger partial charge on any atom is 0.225 e. The normalized spacial score (nSPS) is 17.0. The van der Waals surface area contributed by atoms with Gasteiger partial charge in [0.15, 0.2) is 0 Å². The first-order chi connectivity index (χ1) is 11.6. The molecule has 0 spiro atoms. The Hall–Kier alpha value is -2.22. The number of hydrogen-bond donors (Lipinski definition) is 1. The van der Waals surface area contributed by atoms with Crippen LogP contribution in [0.25, 0.3) is 5.65 Å². The fourth-order valence-corrected chi connectivity index (χ4v) is 3.45. The molecule has 0 aliphatic carbocycles. The highest BCUT2D eigenvalue weighted by Gasteiger charge is 2.26. The number of aromatic nitrogens is 5. The van der Waals surface area contributed by atoms with Crippen molar-refractivity contribution >= 4 is 27.5 Å². The molecule has 0 fully saturated rings. The highest BCUT2D eigenvalue weighted by molar-refractivity contribution is 9.10. The topological polar surface area (TPSA) is 77.1 Å². The SMILES string of the molecule is Cc1nnc2n1C[C@H](C(=O)NCc1cn3cc(Br)ccc3n1)CC2. The van der Waals surface area contributed by atoms with Gasteiger partial charge in [0.2, 0.25) is 5.91 Å². The molecule has 7 nitrogen and oxygen atoms in total. The van der Waals surface area contributed by atoms with Crippen LogP contribution in [0, 0.1) is 12.8 Å². The smallest absolute Gasteiger partial charge is 0.225 e. The third-order valence-corrected chi connectivity index (χ3v) is 4.88. The van der Waals surface area contributed by atoms with E-state index in [0.717, 1.165) is 40.3 Å². The highest BCUT2D eigenvalue weighted by Crippen LogP contribution is 2.20. The Labute approximate surface area is 147 Å². The second kappa shape index (κ2) is 6.01. The van der Waals surface area contributed by atoms with Crippen molar-refractivity contribution in [2.24, 2.45) is 5.92 Å². The van der Waals surface area contributed by atoms with Crippen molar-refractivity contribution in [2.75, 3.05) is 0 Å². The number of rotatable bonds is 3. The standard InChI is InChI=1S/C16H17BrN6O/c1-10-20-21-15-4-2-11(7-23(10)15)16(24)18-6-13-9-22-8-12(17)3-5-14(22)19-13/h3,5,8-9,11H,2,4,6-7H2,1H3,(H,18,24)/t11-/m1/s1. The van der Waals surface area contributed by atoms with Gasteiger partial charge in [0, 0.05) is 29.8 Å². The summed E-state index contributed by atoms with van der Waals surface area (Å²) in [5.41, 5.74) is 1.71. The van der Waals surface area contributed by atoms with Crippen LogP contribution in [-0.2, 0) is 24.3 Å². The maximum absolute atomic E-state index is 12.5. The van der Waals surface area contributed by atoms with Crippen LogP contribution in [0.1, 0.15) is 23.8 Å². The van der Waals surface area contributed by atoms with E-state index >= 15 is 0 Å². The molecule has 0 aromatic carbocycles. The number of carbonyl (C=O) groups is 1. The van der Waals surface area contributed by atoms with E-state index in [0.29, 0.717) is 13.1 Å². The van der Waals surface area contributed by atoms with E-state index in [1.807, 2.05) is 40.4 Å². The van der Waals surface area contributed by atoms with Crippen molar-refractivity contribution in [1.82, 2.24) is 29.5 Å². The summed E-state index contributed by atoms with van der Waals surface area (Å²) >= 11 is 3.44. The van der Waals surface area contributed by atoms with E-state index < -0.39 is 0 Å². The molecular formula is C16H17BrN6O. The summed E-state index contributed by atoms with van der Waals surface area (Å²) in [6.07, 6.45) is 5.48. The molecule has 0 saturated carbocycles. The zero-order valence-electron chi connectivity index (χ0n) is 13.2. The van der Waals surface area contributed by atoms with Crippen molar-refractivity contribution in [3.8, 4) is 0 Å². The van der Waals surface area contributed by atoms with Crippen LogP contribution < -0.4 is 5.32 Å². The molecule has 24 heavy (non-hydrogen) atoms. The van der Waals surface area contributed by atoms with E-state index in [4.69, 9.17) is 0 Å². The van der Waals surface area contributed by atoms with Gasteiger partial charge >= 0.3 is 0 Å². The van der Waals surface area contributed by atoms with Crippen molar-refractivity contribution < 1.29 is 4.79 Å². The number of carbonyl (C=O) groups excluding carboxylic acids is 1. The molecule has 1 aliphatic rings. The fourth-order valence-electron chi connectivity index (χ4n) is 3.10. The molecule has 0 saturated heterocycles. The number of fused-ring (bicyclic) bond motifs is 2. The van der Waals surface area contributed by atoms with Gasteiger partial charge in [0.1, 0.15) is 17.3 Å². The van der Waals surface area contributed by atoms with Crippen LogP contribution in [0.5, 0.6) is 0 Å². The molecule has 124 valence electrons. The summed E-state index contributed by atoms with van der Waals surface area (Å²) in [5.74, 6) is 1.86. The number of nitrogens with zero attached hydrogens (tertiary/aromatic N) is 5. The Kier molecular flexibility index (Phi) is 3.84. The van der Waals surface area contributed by atoms with E-state index in [-0.39, 0.29) is 11.8 Å². The van der Waals surface area contributed by atoms with Crippen LogP contribution in [0.3, 0.4) is 0 Å². The van der Waals surface area contributed by atoms with Crippen LogP contribution in [-0.4, -0.2) is 30.1 Å². The van der Waals surface area contributed by atoms with Gasteiger partial charge in [-0.05, 0) is 41.4 Å². The average Bonchev–Trinajstić information content (AvgIpc) is 3.15. The van der Waals surface area contributed by atoms with Crippen molar-refractivity contribution in [2.45, 2.75) is 32.9 Å². The lowest BCUT2D eigenvalue weighted by Gasteiger charge is -2.23. The van der Waals surface area contributed by atoms with Crippen LogP contribution in [0.15, 0.2) is 29.0 Å². The molecule has 1 amide bonds. The minimum absolute atomic E-state index is 0.0432. The molecule has 4 rings (SSSR count). The van der Waals surface area contributed by atoms with E-state index in [1.54, 1.807) is 0 Å². The Morgan fingerprint density at radius 2 is 2.25 bits per heavy atom. The largest absolute Gasteiger partial charge is 0.350 e. The number of amides is 1. The quantitative estimate of drug-likeness (QED) is 0.742. The lowest BCUT2D eigenvalue weighted by atomic mass is 9.98. The van der Waals surface area contributed by atoms with Gasteiger partial charge in [-0.1, -0.05) is 0 Å². The second-order valence-electron chi connectivity index (χ2n) is 6.07. The summed E-state index contributed by atoms with van der Waals surface area (Å²) < 4.78 is 4.97. The Morgan fingerprint density at radius 3 is 3.12 bits per heavy atom. The number of pyridine rings is 1. The molecule has 4 heterocycles. The first-order valence-corrected chi connectivity index (χ1v) is 8.69. The van der Waals surface area contributed by atoms with Gasteiger partial charge < -0.3 is 14.3 Å². The molecule has 1 atom stereocenters. The van der Waals surface area contributed by atoms with E-state index in [9.17, 15) is 4.79 Å². The predicted octanol–water partition coefficient (Wildman–Crippen LogP) is 1.88. The van der Waals surface area contributed by atoms with Crippen LogP contribution >= 0.6 is 15.9 Å². The molecule has 0 radical (unpaired) electrons. The molecule has 1 aliphatic heterocycles. The van der Waals surface area contributed by atoms with Gasteiger partial charge in [-0.15, -0.1) is 10.2 Å². The third-order valence-electron chi connectivity index (χ3n) is 4.41. The fraction of sp³-hybridized carbons (Fsp3) is 0.375. The number of hydrogen-bond acceptors (Lipinski definition) is 4. The first kappa shape index (κ1) is 15.3. The molecule has 1 N–H and O–H groups in total. The van der Waals surface area contributed by atoms with Crippen molar-refractivity contribution in [3.05, 3.63) is 46.3 Å². The van der Waals surface area contributed by atoms with Gasteiger partial charge in [0.05, 0.1) is 18.2 Å². The predicted molar refractivity (Wildman–Crippen MR) is 91.3 cm³/mol. The lowest BCUT2D eigenvalue weighted by Crippen LogP contribution is -2.36. The average molecular weight is 389 g/mol. The Bertz CT molecular complexity index is 915. The first-order valence-electron chi connectivity index (χ1n) is 7.89.